The van der Waals surface area contributed by atoms with Gasteiger partial charge >= 0.3 is 12.1 Å². The molecule has 0 bridgehead atoms. The van der Waals surface area contributed by atoms with Gasteiger partial charge in [-0.15, -0.1) is 11.3 Å². The number of hydroxylamine groups is 2. The Hall–Kier alpha value is -1.94. The first-order chi connectivity index (χ1) is 10.3. The first kappa shape index (κ1) is 16.4. The molecule has 0 aliphatic heterocycles. The van der Waals surface area contributed by atoms with Gasteiger partial charge < -0.3 is 4.52 Å². The third kappa shape index (κ3) is 3.63. The van der Waals surface area contributed by atoms with Crippen molar-refractivity contribution in [2.75, 3.05) is 7.11 Å². The summed E-state index contributed by atoms with van der Waals surface area (Å²) in [5, 5.41) is 6.07. The van der Waals surface area contributed by atoms with Crippen LogP contribution in [0.15, 0.2) is 16.0 Å². The third-order valence-electron chi connectivity index (χ3n) is 2.68. The van der Waals surface area contributed by atoms with Gasteiger partial charge in [-0.3, -0.25) is 9.63 Å². The van der Waals surface area contributed by atoms with Crippen LogP contribution in [0.5, 0.6) is 0 Å². The summed E-state index contributed by atoms with van der Waals surface area (Å²) in [5.41, 5.74) is 0.388. The van der Waals surface area contributed by atoms with Gasteiger partial charge in [-0.05, 0) is 6.07 Å². The Morgan fingerprint density at radius 2 is 2.23 bits per heavy atom. The number of alkyl halides is 3. The van der Waals surface area contributed by atoms with Crippen LogP contribution in [-0.4, -0.2) is 28.2 Å². The second kappa shape index (κ2) is 6.44. The number of amides is 1. The highest BCUT2D eigenvalue weighted by Gasteiger charge is 2.38. The quantitative estimate of drug-likeness (QED) is 0.785. The molecule has 0 radical (unpaired) electrons. The van der Waals surface area contributed by atoms with Crippen LogP contribution >= 0.6 is 11.3 Å². The predicted octanol–water partition coefficient (Wildman–Crippen LogP) is 3.12. The van der Waals surface area contributed by atoms with Crippen molar-refractivity contribution in [3.63, 3.8) is 0 Å². The van der Waals surface area contributed by atoms with E-state index in [1.165, 1.54) is 23.5 Å². The number of rotatable bonds is 5. The summed E-state index contributed by atoms with van der Waals surface area (Å²) in [6.07, 6.45) is -4.39. The molecule has 0 atom stereocenters. The summed E-state index contributed by atoms with van der Waals surface area (Å²) in [4.78, 5) is 20.6. The largest absolute Gasteiger partial charge is 0.471 e. The van der Waals surface area contributed by atoms with Gasteiger partial charge in [-0.2, -0.15) is 18.2 Å². The molecule has 6 nitrogen and oxygen atoms in total. The molecule has 120 valence electrons. The Labute approximate surface area is 127 Å². The second-order valence-corrected chi connectivity index (χ2v) is 5.18. The molecule has 0 N–H and O–H groups in total. The van der Waals surface area contributed by atoms with E-state index in [9.17, 15) is 18.0 Å². The Morgan fingerprint density at radius 1 is 1.50 bits per heavy atom. The van der Waals surface area contributed by atoms with Crippen molar-refractivity contribution < 1.29 is 27.3 Å². The summed E-state index contributed by atoms with van der Waals surface area (Å²) >= 11 is 1.26. The zero-order valence-corrected chi connectivity index (χ0v) is 12.5. The van der Waals surface area contributed by atoms with Crippen molar-refractivity contribution >= 4 is 17.2 Å². The number of thiophene rings is 1. The van der Waals surface area contributed by atoms with E-state index in [2.05, 4.69) is 14.7 Å². The molecule has 2 aromatic rings. The third-order valence-corrected chi connectivity index (χ3v) is 3.60. The first-order valence-electron chi connectivity index (χ1n) is 6.18. The molecule has 0 unspecified atom stereocenters. The number of nitrogens with zero attached hydrogens (tertiary/aromatic N) is 3. The molecule has 2 rings (SSSR count). The maximum Gasteiger partial charge on any atom is 0.471 e. The number of carbonyl (C=O) groups excluding carboxylic acids is 1. The maximum absolute atomic E-state index is 12.4. The zero-order valence-electron chi connectivity index (χ0n) is 11.7. The molecule has 0 saturated heterocycles. The van der Waals surface area contributed by atoms with Crippen molar-refractivity contribution in [3.05, 3.63) is 22.2 Å². The molecular weight excluding hydrogens is 323 g/mol. The highest BCUT2D eigenvalue weighted by Crippen LogP contribution is 2.30. The number of hydrogen-bond donors (Lipinski definition) is 0. The van der Waals surface area contributed by atoms with Gasteiger partial charge in [0.05, 0.1) is 13.7 Å². The van der Waals surface area contributed by atoms with Crippen molar-refractivity contribution in [1.29, 1.82) is 0 Å². The van der Waals surface area contributed by atoms with Gasteiger partial charge in [0.25, 0.3) is 0 Å². The van der Waals surface area contributed by atoms with E-state index in [1.807, 2.05) is 0 Å². The van der Waals surface area contributed by atoms with Gasteiger partial charge in [0, 0.05) is 22.2 Å². The number of aromatic nitrogens is 2. The van der Waals surface area contributed by atoms with E-state index in [1.54, 1.807) is 18.4 Å². The fraction of sp³-hybridized carbons (Fsp3) is 0.417. The van der Waals surface area contributed by atoms with Crippen LogP contribution in [-0.2, 0) is 22.4 Å². The predicted molar refractivity (Wildman–Crippen MR) is 70.5 cm³/mol. The lowest BCUT2D eigenvalue weighted by atomic mass is 10.3. The summed E-state index contributed by atoms with van der Waals surface area (Å²) in [6, 6.07) is 1.59. The van der Waals surface area contributed by atoms with Crippen LogP contribution in [0, 0.1) is 0 Å². The monoisotopic (exact) mass is 335 g/mol. The minimum absolute atomic E-state index is 0.152. The Kier molecular flexibility index (Phi) is 4.81. The highest BCUT2D eigenvalue weighted by molar-refractivity contribution is 7.10. The zero-order chi connectivity index (χ0) is 16.3. The molecule has 10 heteroatoms. The summed E-state index contributed by atoms with van der Waals surface area (Å²) in [7, 11) is 1.37. The van der Waals surface area contributed by atoms with Crippen LogP contribution in [0.4, 0.5) is 13.2 Å². The number of halogens is 3. The molecule has 0 aliphatic carbocycles. The van der Waals surface area contributed by atoms with Gasteiger partial charge in [0.15, 0.2) is 0 Å². The summed E-state index contributed by atoms with van der Waals surface area (Å²) in [6.45, 7) is 1.89. The van der Waals surface area contributed by atoms with Gasteiger partial charge in [-0.25, -0.2) is 5.06 Å². The fourth-order valence-corrected chi connectivity index (χ4v) is 2.45. The van der Waals surface area contributed by atoms with E-state index < -0.39 is 12.1 Å². The topological polar surface area (TPSA) is 68.5 Å². The Balaban J connectivity index is 2.14. The molecular formula is C12H12F3N3O3S. The lowest BCUT2D eigenvalue weighted by Crippen LogP contribution is -2.28. The average molecular weight is 335 g/mol. The minimum Gasteiger partial charge on any atom is -0.329 e. The lowest BCUT2D eigenvalue weighted by Gasteiger charge is -2.17. The number of carbonyl (C=O) groups is 1. The SMILES string of the molecule is CCC(=O)N(Cc1cc(-c2noc(C(F)(F)F)n2)cs1)OC. The second-order valence-electron chi connectivity index (χ2n) is 4.19. The maximum atomic E-state index is 12.4. The van der Waals surface area contributed by atoms with Crippen LogP contribution in [0.2, 0.25) is 0 Å². The fourth-order valence-electron chi connectivity index (χ4n) is 1.61. The smallest absolute Gasteiger partial charge is 0.329 e. The first-order valence-corrected chi connectivity index (χ1v) is 7.06. The molecule has 0 aliphatic rings. The molecule has 0 saturated carbocycles. The molecule has 2 aromatic heterocycles. The molecule has 0 spiro atoms. The van der Waals surface area contributed by atoms with Crippen LogP contribution in [0.25, 0.3) is 11.4 Å². The lowest BCUT2D eigenvalue weighted by molar-refractivity contribution is -0.178. The average Bonchev–Trinajstić information content (AvgIpc) is 3.11. The summed E-state index contributed by atoms with van der Waals surface area (Å²) < 4.78 is 41.4. The van der Waals surface area contributed by atoms with E-state index in [0.29, 0.717) is 5.56 Å². The molecule has 2 heterocycles. The minimum atomic E-state index is -4.68. The standard InChI is InChI=1S/C12H12F3N3O3S/c1-3-9(19)18(20-2)5-8-4-7(6-22-8)10-16-11(21-17-10)12(13,14)15/h4,6H,3,5H2,1-2H3. The van der Waals surface area contributed by atoms with Gasteiger partial charge in [-0.1, -0.05) is 12.1 Å². The normalized spacial score (nSPS) is 11.7. The van der Waals surface area contributed by atoms with Crippen molar-refractivity contribution in [2.24, 2.45) is 0 Å². The van der Waals surface area contributed by atoms with Crippen molar-refractivity contribution in [3.8, 4) is 11.4 Å². The Morgan fingerprint density at radius 3 is 2.77 bits per heavy atom. The van der Waals surface area contributed by atoms with Crippen LogP contribution < -0.4 is 0 Å². The van der Waals surface area contributed by atoms with E-state index >= 15 is 0 Å². The van der Waals surface area contributed by atoms with Gasteiger partial charge in [0.2, 0.25) is 11.7 Å². The van der Waals surface area contributed by atoms with E-state index in [4.69, 9.17) is 4.84 Å². The van der Waals surface area contributed by atoms with Gasteiger partial charge in [0.1, 0.15) is 0 Å². The summed E-state index contributed by atoms with van der Waals surface area (Å²) in [5.74, 6) is -1.74. The van der Waals surface area contributed by atoms with Crippen LogP contribution in [0.3, 0.4) is 0 Å². The molecule has 22 heavy (non-hydrogen) atoms. The Bertz CT molecular complexity index is 653. The highest BCUT2D eigenvalue weighted by atomic mass is 32.1. The van der Waals surface area contributed by atoms with E-state index in [0.717, 1.165) is 4.88 Å². The number of hydrogen-bond acceptors (Lipinski definition) is 6. The molecule has 1 amide bonds. The molecule has 0 aromatic carbocycles. The van der Waals surface area contributed by atoms with Crippen molar-refractivity contribution in [2.45, 2.75) is 26.1 Å². The van der Waals surface area contributed by atoms with Crippen LogP contribution in [0.1, 0.15) is 24.1 Å². The molecule has 0 fully saturated rings. The van der Waals surface area contributed by atoms with Crippen molar-refractivity contribution in [1.82, 2.24) is 15.2 Å². The van der Waals surface area contributed by atoms with E-state index in [-0.39, 0.29) is 24.7 Å².